The van der Waals surface area contributed by atoms with Crippen molar-refractivity contribution >= 4 is 16.9 Å². The maximum absolute atomic E-state index is 8.62. The Balaban J connectivity index is 1.52. The van der Waals surface area contributed by atoms with E-state index in [1.807, 2.05) is 24.5 Å². The molecule has 23 heavy (non-hydrogen) atoms. The zero-order valence-corrected chi connectivity index (χ0v) is 12.6. The van der Waals surface area contributed by atoms with Gasteiger partial charge < -0.3 is 20.2 Å². The molecule has 3 aromatic rings. The van der Waals surface area contributed by atoms with Crippen molar-refractivity contribution in [3.05, 3.63) is 60.4 Å². The first kappa shape index (κ1) is 14.9. The second kappa shape index (κ2) is 6.83. The lowest BCUT2D eigenvalue weighted by molar-refractivity contribution is 0.302. The molecule has 0 saturated heterocycles. The average Bonchev–Trinajstić information content (AvgIpc) is 3.02. The minimum atomic E-state index is 0.0866. The van der Waals surface area contributed by atoms with Gasteiger partial charge in [0.25, 0.3) is 0 Å². The molecule has 3 N–H and O–H groups in total. The van der Waals surface area contributed by atoms with E-state index in [1.165, 1.54) is 0 Å². The summed E-state index contributed by atoms with van der Waals surface area (Å²) in [6.45, 7) is 1.46. The molecule has 6 heteroatoms. The Kier molecular flexibility index (Phi) is 4.42. The van der Waals surface area contributed by atoms with E-state index >= 15 is 0 Å². The van der Waals surface area contributed by atoms with E-state index in [4.69, 9.17) is 15.7 Å². The van der Waals surface area contributed by atoms with Crippen LogP contribution in [0.25, 0.3) is 11.0 Å². The first-order chi connectivity index (χ1) is 11.3. The van der Waals surface area contributed by atoms with Gasteiger partial charge in [-0.1, -0.05) is 17.3 Å². The van der Waals surface area contributed by atoms with Crippen LogP contribution in [0.4, 0.5) is 0 Å². The standard InChI is InChI=1S/C17H18N4O2/c18-17(20-22)13-6-8-14(9-7-13)23-11-3-10-21-12-19-15-4-1-2-5-16(15)21/h1-2,4-9,12,22H,3,10-11H2,(H2,18,20). The molecule has 0 aliphatic carbocycles. The summed E-state index contributed by atoms with van der Waals surface area (Å²) < 4.78 is 7.83. The lowest BCUT2D eigenvalue weighted by atomic mass is 10.2. The van der Waals surface area contributed by atoms with Crippen molar-refractivity contribution in [2.75, 3.05) is 6.61 Å². The average molecular weight is 310 g/mol. The monoisotopic (exact) mass is 310 g/mol. The fraction of sp³-hybridized carbons (Fsp3) is 0.176. The molecule has 0 spiro atoms. The lowest BCUT2D eigenvalue weighted by Gasteiger charge is -2.08. The third kappa shape index (κ3) is 3.42. The number of rotatable bonds is 6. The quantitative estimate of drug-likeness (QED) is 0.241. The number of hydrogen-bond acceptors (Lipinski definition) is 4. The number of imidazole rings is 1. The number of ether oxygens (including phenoxy) is 1. The highest BCUT2D eigenvalue weighted by Crippen LogP contribution is 2.14. The van der Waals surface area contributed by atoms with Gasteiger partial charge in [0.1, 0.15) is 5.75 Å². The molecule has 0 aliphatic rings. The first-order valence-electron chi connectivity index (χ1n) is 7.38. The van der Waals surface area contributed by atoms with E-state index in [1.54, 1.807) is 24.3 Å². The van der Waals surface area contributed by atoms with Crippen molar-refractivity contribution in [2.24, 2.45) is 10.9 Å². The second-order valence-corrected chi connectivity index (χ2v) is 5.14. The Hall–Kier alpha value is -3.02. The van der Waals surface area contributed by atoms with E-state index in [9.17, 15) is 0 Å². The highest BCUT2D eigenvalue weighted by atomic mass is 16.5. The number of nitrogens with two attached hydrogens (primary N) is 1. The fourth-order valence-corrected chi connectivity index (χ4v) is 2.39. The van der Waals surface area contributed by atoms with Crippen LogP contribution in [0.15, 0.2) is 60.0 Å². The van der Waals surface area contributed by atoms with Crippen molar-refractivity contribution in [2.45, 2.75) is 13.0 Å². The second-order valence-electron chi connectivity index (χ2n) is 5.14. The van der Waals surface area contributed by atoms with Gasteiger partial charge in [-0.05, 0) is 42.8 Å². The molecule has 1 heterocycles. The molecule has 2 aromatic carbocycles. The van der Waals surface area contributed by atoms with Gasteiger partial charge in [-0.2, -0.15) is 0 Å². The molecule has 0 saturated carbocycles. The Bertz CT molecular complexity index is 809. The lowest BCUT2D eigenvalue weighted by Crippen LogP contribution is -2.12. The largest absolute Gasteiger partial charge is 0.494 e. The predicted octanol–water partition coefficient (Wildman–Crippen LogP) is 2.60. The Morgan fingerprint density at radius 2 is 1.96 bits per heavy atom. The molecule has 0 unspecified atom stereocenters. The minimum absolute atomic E-state index is 0.0866. The van der Waals surface area contributed by atoms with Crippen LogP contribution in [-0.4, -0.2) is 27.2 Å². The van der Waals surface area contributed by atoms with Crippen LogP contribution >= 0.6 is 0 Å². The zero-order chi connectivity index (χ0) is 16.1. The molecule has 0 fully saturated rings. The molecular formula is C17H18N4O2. The van der Waals surface area contributed by atoms with Crippen molar-refractivity contribution in [1.29, 1.82) is 0 Å². The smallest absolute Gasteiger partial charge is 0.170 e. The molecule has 0 bridgehead atoms. The Labute approximate surface area is 133 Å². The molecule has 0 aliphatic heterocycles. The van der Waals surface area contributed by atoms with E-state index in [0.29, 0.717) is 12.2 Å². The van der Waals surface area contributed by atoms with Gasteiger partial charge in [-0.15, -0.1) is 0 Å². The fourth-order valence-electron chi connectivity index (χ4n) is 2.39. The molecule has 0 amide bonds. The molecule has 0 atom stereocenters. The van der Waals surface area contributed by atoms with Crippen LogP contribution in [0.5, 0.6) is 5.75 Å². The van der Waals surface area contributed by atoms with Crippen LogP contribution in [0.2, 0.25) is 0 Å². The maximum atomic E-state index is 8.62. The normalized spacial score (nSPS) is 11.7. The van der Waals surface area contributed by atoms with Gasteiger partial charge in [-0.25, -0.2) is 4.98 Å². The summed E-state index contributed by atoms with van der Waals surface area (Å²) in [7, 11) is 0. The highest BCUT2D eigenvalue weighted by molar-refractivity contribution is 5.97. The van der Waals surface area contributed by atoms with Crippen molar-refractivity contribution < 1.29 is 9.94 Å². The summed E-state index contributed by atoms with van der Waals surface area (Å²) in [4.78, 5) is 4.37. The third-order valence-electron chi connectivity index (χ3n) is 3.60. The third-order valence-corrected chi connectivity index (χ3v) is 3.60. The summed E-state index contributed by atoms with van der Waals surface area (Å²) in [5.74, 6) is 0.846. The minimum Gasteiger partial charge on any atom is -0.494 e. The first-order valence-corrected chi connectivity index (χ1v) is 7.38. The van der Waals surface area contributed by atoms with E-state index < -0.39 is 0 Å². The van der Waals surface area contributed by atoms with Crippen LogP contribution in [0, 0.1) is 0 Å². The summed E-state index contributed by atoms with van der Waals surface area (Å²) in [5.41, 5.74) is 8.31. The summed E-state index contributed by atoms with van der Waals surface area (Å²) in [6, 6.07) is 15.2. The number of hydrogen-bond donors (Lipinski definition) is 2. The number of fused-ring (bicyclic) bond motifs is 1. The molecule has 1 aromatic heterocycles. The number of para-hydroxylation sites is 2. The van der Waals surface area contributed by atoms with Gasteiger partial charge in [0.05, 0.1) is 24.0 Å². The summed E-state index contributed by atoms with van der Waals surface area (Å²) in [6.07, 6.45) is 2.73. The van der Waals surface area contributed by atoms with Gasteiger partial charge in [-0.3, -0.25) is 0 Å². The van der Waals surface area contributed by atoms with E-state index in [2.05, 4.69) is 20.8 Å². The SMILES string of the molecule is NC(=NO)c1ccc(OCCCn2cnc3ccccc32)cc1. The molecule has 6 nitrogen and oxygen atoms in total. The number of oxime groups is 1. The number of amidine groups is 1. The van der Waals surface area contributed by atoms with Crippen LogP contribution in [0.3, 0.4) is 0 Å². The highest BCUT2D eigenvalue weighted by Gasteiger charge is 2.02. The number of aromatic nitrogens is 2. The predicted molar refractivity (Wildman–Crippen MR) is 88.8 cm³/mol. The van der Waals surface area contributed by atoms with Crippen LogP contribution in [0.1, 0.15) is 12.0 Å². The zero-order valence-electron chi connectivity index (χ0n) is 12.6. The maximum Gasteiger partial charge on any atom is 0.170 e. The molecule has 3 rings (SSSR count). The topological polar surface area (TPSA) is 85.7 Å². The van der Waals surface area contributed by atoms with Gasteiger partial charge in [0.2, 0.25) is 0 Å². The number of benzene rings is 2. The Morgan fingerprint density at radius 3 is 2.74 bits per heavy atom. The number of nitrogens with zero attached hydrogens (tertiary/aromatic N) is 3. The van der Waals surface area contributed by atoms with Gasteiger partial charge in [0.15, 0.2) is 5.84 Å². The van der Waals surface area contributed by atoms with Crippen LogP contribution < -0.4 is 10.5 Å². The van der Waals surface area contributed by atoms with Gasteiger partial charge in [0, 0.05) is 12.1 Å². The molecule has 0 radical (unpaired) electrons. The Morgan fingerprint density at radius 1 is 1.17 bits per heavy atom. The summed E-state index contributed by atoms with van der Waals surface area (Å²) in [5, 5.41) is 11.6. The van der Waals surface area contributed by atoms with Crippen LogP contribution in [-0.2, 0) is 6.54 Å². The van der Waals surface area contributed by atoms with E-state index in [0.717, 1.165) is 29.7 Å². The molecule has 118 valence electrons. The van der Waals surface area contributed by atoms with E-state index in [-0.39, 0.29) is 5.84 Å². The summed E-state index contributed by atoms with van der Waals surface area (Å²) >= 11 is 0. The molecular weight excluding hydrogens is 292 g/mol. The van der Waals surface area contributed by atoms with Gasteiger partial charge >= 0.3 is 0 Å². The van der Waals surface area contributed by atoms with Crippen molar-refractivity contribution in [3.8, 4) is 5.75 Å². The van der Waals surface area contributed by atoms with Crippen molar-refractivity contribution in [3.63, 3.8) is 0 Å². The van der Waals surface area contributed by atoms with Crippen molar-refractivity contribution in [1.82, 2.24) is 9.55 Å². The number of aryl methyl sites for hydroxylation is 1.